The van der Waals surface area contributed by atoms with Crippen molar-refractivity contribution in [2.45, 2.75) is 52.0 Å². The zero-order valence-electron chi connectivity index (χ0n) is 13.4. The zero-order valence-corrected chi connectivity index (χ0v) is 13.4. The van der Waals surface area contributed by atoms with E-state index in [0.717, 1.165) is 36.4 Å². The molecule has 4 heteroatoms. The van der Waals surface area contributed by atoms with Crippen LogP contribution < -0.4 is 16.0 Å². The summed E-state index contributed by atoms with van der Waals surface area (Å²) < 4.78 is 0. The number of benzene rings is 1. The molecule has 1 aromatic carbocycles. The van der Waals surface area contributed by atoms with Crippen molar-refractivity contribution in [3.05, 3.63) is 23.8 Å². The van der Waals surface area contributed by atoms with Crippen LogP contribution in [0.25, 0.3) is 0 Å². The first-order valence-corrected chi connectivity index (χ1v) is 7.79. The van der Waals surface area contributed by atoms with E-state index in [9.17, 15) is 4.79 Å². The second-order valence-electron chi connectivity index (χ2n) is 6.89. The van der Waals surface area contributed by atoms with E-state index in [4.69, 9.17) is 5.73 Å². The van der Waals surface area contributed by atoms with Gasteiger partial charge < -0.3 is 16.0 Å². The largest absolute Gasteiger partial charge is 0.397 e. The molecule has 0 aromatic heterocycles. The van der Waals surface area contributed by atoms with Gasteiger partial charge in [0.15, 0.2) is 0 Å². The maximum atomic E-state index is 11.8. The molecule has 0 unspecified atom stereocenters. The summed E-state index contributed by atoms with van der Waals surface area (Å²) in [7, 11) is 0. The molecule has 21 heavy (non-hydrogen) atoms. The van der Waals surface area contributed by atoms with Crippen molar-refractivity contribution in [3.8, 4) is 0 Å². The number of nitrogen functional groups attached to an aromatic ring is 1. The summed E-state index contributed by atoms with van der Waals surface area (Å²) in [5.74, 6) is 0.0877. The van der Waals surface area contributed by atoms with E-state index in [-0.39, 0.29) is 11.4 Å². The van der Waals surface area contributed by atoms with Gasteiger partial charge >= 0.3 is 0 Å². The lowest BCUT2D eigenvalue weighted by Gasteiger charge is -2.21. The minimum atomic E-state index is -0.171. The fraction of sp³-hybridized carbons (Fsp3) is 0.588. The van der Waals surface area contributed by atoms with Gasteiger partial charge in [0.1, 0.15) is 0 Å². The molecule has 2 rings (SSSR count). The van der Waals surface area contributed by atoms with Crippen LogP contribution >= 0.6 is 0 Å². The number of nitrogens with one attached hydrogen (secondary N) is 1. The Bertz CT molecular complexity index is 499. The Morgan fingerprint density at radius 3 is 2.52 bits per heavy atom. The van der Waals surface area contributed by atoms with Crippen LogP contribution in [0.4, 0.5) is 11.4 Å². The van der Waals surface area contributed by atoms with Gasteiger partial charge in [-0.15, -0.1) is 0 Å². The van der Waals surface area contributed by atoms with Crippen LogP contribution in [0.15, 0.2) is 18.2 Å². The van der Waals surface area contributed by atoms with E-state index >= 15 is 0 Å². The first-order chi connectivity index (χ1) is 9.85. The van der Waals surface area contributed by atoms with Crippen molar-refractivity contribution in [1.29, 1.82) is 0 Å². The smallest absolute Gasteiger partial charge is 0.220 e. The predicted molar refractivity (Wildman–Crippen MR) is 88.5 cm³/mol. The predicted octanol–water partition coefficient (Wildman–Crippen LogP) is 2.72. The second-order valence-corrected chi connectivity index (χ2v) is 6.89. The highest BCUT2D eigenvalue weighted by atomic mass is 16.1. The van der Waals surface area contributed by atoms with E-state index in [0.29, 0.717) is 6.42 Å². The van der Waals surface area contributed by atoms with Crippen molar-refractivity contribution in [2.24, 2.45) is 0 Å². The fourth-order valence-electron chi connectivity index (χ4n) is 2.74. The van der Waals surface area contributed by atoms with E-state index in [2.05, 4.69) is 22.3 Å². The molecule has 0 saturated carbocycles. The van der Waals surface area contributed by atoms with Crippen LogP contribution in [-0.4, -0.2) is 24.5 Å². The Labute approximate surface area is 127 Å². The molecular weight excluding hydrogens is 262 g/mol. The standard InChI is InChI=1S/C17H27N3O/c1-17(2,3)19-16(21)9-7-13-6-8-15(14(18)12-13)20-10-4-5-11-20/h6,8,12H,4-5,7,9-11,18H2,1-3H3,(H,19,21). The number of nitrogens with two attached hydrogens (primary N) is 1. The number of nitrogens with zero attached hydrogens (tertiary/aromatic N) is 1. The first-order valence-electron chi connectivity index (χ1n) is 7.79. The lowest BCUT2D eigenvalue weighted by Crippen LogP contribution is -2.40. The lowest BCUT2D eigenvalue weighted by atomic mass is 10.1. The van der Waals surface area contributed by atoms with Crippen LogP contribution in [0, 0.1) is 0 Å². The number of anilines is 2. The highest BCUT2D eigenvalue weighted by Gasteiger charge is 2.16. The van der Waals surface area contributed by atoms with Crippen LogP contribution in [0.5, 0.6) is 0 Å². The molecule has 0 aliphatic carbocycles. The van der Waals surface area contributed by atoms with Crippen LogP contribution in [0.3, 0.4) is 0 Å². The molecular formula is C17H27N3O. The Kier molecular flexibility index (Phi) is 4.76. The van der Waals surface area contributed by atoms with E-state index in [1.165, 1.54) is 12.8 Å². The van der Waals surface area contributed by atoms with E-state index in [1.807, 2.05) is 26.8 Å². The topological polar surface area (TPSA) is 58.4 Å². The van der Waals surface area contributed by atoms with Gasteiger partial charge in [-0.1, -0.05) is 6.07 Å². The summed E-state index contributed by atoms with van der Waals surface area (Å²) in [5, 5.41) is 2.98. The maximum absolute atomic E-state index is 11.8. The van der Waals surface area contributed by atoms with Crippen molar-refractivity contribution >= 4 is 17.3 Å². The molecule has 0 spiro atoms. The fourth-order valence-corrected chi connectivity index (χ4v) is 2.74. The molecule has 1 aromatic rings. The van der Waals surface area contributed by atoms with E-state index in [1.54, 1.807) is 0 Å². The maximum Gasteiger partial charge on any atom is 0.220 e. The van der Waals surface area contributed by atoms with E-state index < -0.39 is 0 Å². The monoisotopic (exact) mass is 289 g/mol. The summed E-state index contributed by atoms with van der Waals surface area (Å²) in [5.41, 5.74) is 9.08. The molecule has 1 amide bonds. The molecule has 1 aliphatic heterocycles. The SMILES string of the molecule is CC(C)(C)NC(=O)CCc1ccc(N2CCCC2)c(N)c1. The van der Waals surface area contributed by atoms with Gasteiger partial charge in [-0.2, -0.15) is 0 Å². The minimum absolute atomic E-state index is 0.0877. The van der Waals surface area contributed by atoms with Crippen LogP contribution in [0.1, 0.15) is 45.6 Å². The quantitative estimate of drug-likeness (QED) is 0.838. The number of carbonyl (C=O) groups excluding carboxylic acids is 1. The number of carbonyl (C=O) groups is 1. The second kappa shape index (κ2) is 6.37. The average Bonchev–Trinajstić information content (AvgIpc) is 2.88. The van der Waals surface area contributed by atoms with Crippen molar-refractivity contribution in [3.63, 3.8) is 0 Å². The van der Waals surface area contributed by atoms with Gasteiger partial charge in [0, 0.05) is 25.0 Å². The molecule has 3 N–H and O–H groups in total. The van der Waals surface area contributed by atoms with Gasteiger partial charge in [0.25, 0.3) is 0 Å². The summed E-state index contributed by atoms with van der Waals surface area (Å²) in [4.78, 5) is 14.2. The Morgan fingerprint density at radius 1 is 1.29 bits per heavy atom. The number of hydrogen-bond acceptors (Lipinski definition) is 3. The Balaban J connectivity index is 1.92. The number of hydrogen-bond donors (Lipinski definition) is 2. The normalized spacial score (nSPS) is 15.3. The third kappa shape index (κ3) is 4.66. The zero-order chi connectivity index (χ0) is 15.5. The highest BCUT2D eigenvalue weighted by molar-refractivity contribution is 5.77. The minimum Gasteiger partial charge on any atom is -0.397 e. The molecule has 1 fully saturated rings. The van der Waals surface area contributed by atoms with Crippen LogP contribution in [-0.2, 0) is 11.2 Å². The molecule has 1 heterocycles. The molecule has 0 radical (unpaired) electrons. The van der Waals surface area contributed by atoms with Gasteiger partial charge in [-0.05, 0) is 57.7 Å². The van der Waals surface area contributed by atoms with Gasteiger partial charge in [0.05, 0.1) is 11.4 Å². The highest BCUT2D eigenvalue weighted by Crippen LogP contribution is 2.27. The van der Waals surface area contributed by atoms with Gasteiger partial charge in [-0.3, -0.25) is 4.79 Å². The molecule has 1 saturated heterocycles. The number of amides is 1. The Morgan fingerprint density at radius 2 is 1.95 bits per heavy atom. The number of rotatable bonds is 4. The molecule has 4 nitrogen and oxygen atoms in total. The summed E-state index contributed by atoms with van der Waals surface area (Å²) in [6.45, 7) is 8.17. The first kappa shape index (κ1) is 15.7. The van der Waals surface area contributed by atoms with Crippen molar-refractivity contribution < 1.29 is 4.79 Å². The average molecular weight is 289 g/mol. The summed E-state index contributed by atoms with van der Waals surface area (Å²) in [6, 6.07) is 6.20. The van der Waals surface area contributed by atoms with Gasteiger partial charge in [0.2, 0.25) is 5.91 Å². The molecule has 0 bridgehead atoms. The summed E-state index contributed by atoms with van der Waals surface area (Å²) >= 11 is 0. The summed E-state index contributed by atoms with van der Waals surface area (Å²) in [6.07, 6.45) is 3.72. The van der Waals surface area contributed by atoms with Crippen LogP contribution in [0.2, 0.25) is 0 Å². The lowest BCUT2D eigenvalue weighted by molar-refractivity contribution is -0.122. The third-order valence-corrected chi connectivity index (χ3v) is 3.69. The number of aryl methyl sites for hydroxylation is 1. The molecule has 116 valence electrons. The van der Waals surface area contributed by atoms with Gasteiger partial charge in [-0.25, -0.2) is 0 Å². The molecule has 0 atom stereocenters. The van der Waals surface area contributed by atoms with Crippen molar-refractivity contribution in [2.75, 3.05) is 23.7 Å². The van der Waals surface area contributed by atoms with Crippen molar-refractivity contribution in [1.82, 2.24) is 5.32 Å². The Hall–Kier alpha value is -1.71. The molecule has 1 aliphatic rings. The third-order valence-electron chi connectivity index (χ3n) is 3.69.